The Bertz CT molecular complexity index is 924. The van der Waals surface area contributed by atoms with Crippen molar-refractivity contribution in [1.29, 1.82) is 0 Å². The van der Waals surface area contributed by atoms with E-state index in [0.717, 1.165) is 29.0 Å². The molecule has 0 aromatic heterocycles. The minimum absolute atomic E-state index is 0.237. The SMILES string of the molecule is CCCC(=O)ON(CCCOc1ccc2ccccc2c1)c1ccc(OC)cc1. The molecule has 0 fully saturated rings. The highest BCUT2D eigenvalue weighted by Crippen LogP contribution is 2.22. The summed E-state index contributed by atoms with van der Waals surface area (Å²) in [7, 11) is 1.62. The summed E-state index contributed by atoms with van der Waals surface area (Å²) in [6.07, 6.45) is 1.85. The summed E-state index contributed by atoms with van der Waals surface area (Å²) in [5.74, 6) is 1.36. The van der Waals surface area contributed by atoms with E-state index in [1.807, 2.05) is 55.5 Å². The molecular formula is C24H27NO4. The Hall–Kier alpha value is -3.21. The largest absolute Gasteiger partial charge is 0.497 e. The fourth-order valence-corrected chi connectivity index (χ4v) is 3.00. The number of anilines is 1. The second-order valence-corrected chi connectivity index (χ2v) is 6.72. The van der Waals surface area contributed by atoms with Gasteiger partial charge in [-0.05, 0) is 53.6 Å². The second-order valence-electron chi connectivity index (χ2n) is 6.72. The normalized spacial score (nSPS) is 10.6. The van der Waals surface area contributed by atoms with E-state index >= 15 is 0 Å². The van der Waals surface area contributed by atoms with Crippen LogP contribution in [-0.2, 0) is 9.63 Å². The summed E-state index contributed by atoms with van der Waals surface area (Å²) in [6, 6.07) is 21.7. The molecule has 0 aliphatic heterocycles. The summed E-state index contributed by atoms with van der Waals surface area (Å²) in [5, 5.41) is 3.97. The third-order valence-electron chi connectivity index (χ3n) is 4.52. The Morgan fingerprint density at radius 1 is 0.931 bits per heavy atom. The first-order valence-corrected chi connectivity index (χ1v) is 9.93. The maximum Gasteiger partial charge on any atom is 0.332 e. The minimum atomic E-state index is -0.237. The molecule has 5 nitrogen and oxygen atoms in total. The molecule has 0 unspecified atom stereocenters. The van der Waals surface area contributed by atoms with E-state index in [9.17, 15) is 4.79 Å². The van der Waals surface area contributed by atoms with Crippen LogP contribution in [0.2, 0.25) is 0 Å². The van der Waals surface area contributed by atoms with Crippen LogP contribution in [0.5, 0.6) is 11.5 Å². The monoisotopic (exact) mass is 393 g/mol. The lowest BCUT2D eigenvalue weighted by molar-refractivity contribution is -0.145. The fraction of sp³-hybridized carbons (Fsp3) is 0.292. The van der Waals surface area contributed by atoms with Crippen LogP contribution in [-0.4, -0.2) is 26.2 Å². The Morgan fingerprint density at radius 2 is 1.66 bits per heavy atom. The molecule has 0 radical (unpaired) electrons. The highest BCUT2D eigenvalue weighted by Gasteiger charge is 2.13. The second kappa shape index (κ2) is 10.4. The van der Waals surface area contributed by atoms with Crippen LogP contribution < -0.4 is 14.5 Å². The van der Waals surface area contributed by atoms with Crippen LogP contribution in [0.25, 0.3) is 10.8 Å². The van der Waals surface area contributed by atoms with Crippen molar-refractivity contribution in [3.63, 3.8) is 0 Å². The summed E-state index contributed by atoms with van der Waals surface area (Å²) >= 11 is 0. The molecule has 5 heteroatoms. The van der Waals surface area contributed by atoms with Crippen molar-refractivity contribution in [2.24, 2.45) is 0 Å². The molecule has 0 saturated carbocycles. The summed E-state index contributed by atoms with van der Waals surface area (Å²) in [6.45, 7) is 3.02. The van der Waals surface area contributed by atoms with Gasteiger partial charge in [0.1, 0.15) is 11.5 Å². The molecule has 3 rings (SSSR count). The predicted molar refractivity (Wildman–Crippen MR) is 115 cm³/mol. The van der Waals surface area contributed by atoms with Crippen LogP contribution in [0.3, 0.4) is 0 Å². The average Bonchev–Trinajstić information content (AvgIpc) is 2.76. The predicted octanol–water partition coefficient (Wildman–Crippen LogP) is 5.38. The zero-order valence-electron chi connectivity index (χ0n) is 17.0. The number of hydroxylamine groups is 1. The van der Waals surface area contributed by atoms with Gasteiger partial charge in [0.15, 0.2) is 0 Å². The van der Waals surface area contributed by atoms with Gasteiger partial charge in [-0.2, -0.15) is 0 Å². The van der Waals surface area contributed by atoms with Crippen molar-refractivity contribution in [3.8, 4) is 11.5 Å². The number of methoxy groups -OCH3 is 1. The average molecular weight is 393 g/mol. The molecular weight excluding hydrogens is 366 g/mol. The van der Waals surface area contributed by atoms with Crippen LogP contribution in [0.15, 0.2) is 66.7 Å². The van der Waals surface area contributed by atoms with Crippen molar-refractivity contribution >= 4 is 22.4 Å². The lowest BCUT2D eigenvalue weighted by Crippen LogP contribution is -2.29. The Labute approximate surface area is 171 Å². The van der Waals surface area contributed by atoms with Gasteiger partial charge in [0, 0.05) is 12.8 Å². The molecule has 0 spiro atoms. The van der Waals surface area contributed by atoms with Crippen LogP contribution in [0.1, 0.15) is 26.2 Å². The fourth-order valence-electron chi connectivity index (χ4n) is 3.00. The topological polar surface area (TPSA) is 48.0 Å². The highest BCUT2D eigenvalue weighted by atomic mass is 16.7. The first-order chi connectivity index (χ1) is 14.2. The van der Waals surface area contributed by atoms with E-state index in [1.54, 1.807) is 12.2 Å². The third kappa shape index (κ3) is 5.88. The highest BCUT2D eigenvalue weighted by molar-refractivity contribution is 5.83. The van der Waals surface area contributed by atoms with E-state index in [-0.39, 0.29) is 5.97 Å². The molecule has 0 N–H and O–H groups in total. The molecule has 3 aromatic rings. The molecule has 0 aliphatic rings. The summed E-state index contributed by atoms with van der Waals surface area (Å²) in [4.78, 5) is 17.6. The molecule has 29 heavy (non-hydrogen) atoms. The van der Waals surface area contributed by atoms with Gasteiger partial charge in [0.25, 0.3) is 0 Å². The van der Waals surface area contributed by atoms with E-state index in [1.165, 1.54) is 5.39 Å². The van der Waals surface area contributed by atoms with E-state index < -0.39 is 0 Å². The molecule has 0 bridgehead atoms. The van der Waals surface area contributed by atoms with E-state index in [2.05, 4.69) is 18.2 Å². The third-order valence-corrected chi connectivity index (χ3v) is 4.52. The molecule has 0 saturated heterocycles. The maximum absolute atomic E-state index is 12.0. The van der Waals surface area contributed by atoms with Crippen molar-refractivity contribution < 1.29 is 19.1 Å². The molecule has 0 atom stereocenters. The number of nitrogens with zero attached hydrogens (tertiary/aromatic N) is 1. The van der Waals surface area contributed by atoms with Gasteiger partial charge < -0.3 is 14.3 Å². The van der Waals surface area contributed by atoms with Crippen molar-refractivity contribution in [3.05, 3.63) is 66.7 Å². The zero-order valence-corrected chi connectivity index (χ0v) is 17.0. The molecule has 0 amide bonds. The van der Waals surface area contributed by atoms with Gasteiger partial charge in [-0.3, -0.25) is 0 Å². The summed E-state index contributed by atoms with van der Waals surface area (Å²) in [5.41, 5.74) is 0.806. The molecule has 0 heterocycles. The quantitative estimate of drug-likeness (QED) is 0.342. The number of rotatable bonds is 10. The van der Waals surface area contributed by atoms with E-state index in [0.29, 0.717) is 26.0 Å². The maximum atomic E-state index is 12.0. The van der Waals surface area contributed by atoms with Gasteiger partial charge in [-0.25, -0.2) is 9.86 Å². The molecule has 152 valence electrons. The Balaban J connectivity index is 1.58. The first-order valence-electron chi connectivity index (χ1n) is 9.93. The molecule has 0 aliphatic carbocycles. The number of carbonyl (C=O) groups is 1. The number of hydrogen-bond donors (Lipinski definition) is 0. The lowest BCUT2D eigenvalue weighted by Gasteiger charge is -2.23. The van der Waals surface area contributed by atoms with Crippen molar-refractivity contribution in [1.82, 2.24) is 0 Å². The molecule has 3 aromatic carbocycles. The van der Waals surface area contributed by atoms with Gasteiger partial charge in [0.05, 0.1) is 25.9 Å². The Morgan fingerprint density at radius 3 is 2.38 bits per heavy atom. The van der Waals surface area contributed by atoms with Crippen LogP contribution in [0, 0.1) is 0 Å². The minimum Gasteiger partial charge on any atom is -0.497 e. The number of fused-ring (bicyclic) bond motifs is 1. The first kappa shape index (κ1) is 20.5. The van der Waals surface area contributed by atoms with E-state index in [4.69, 9.17) is 14.3 Å². The van der Waals surface area contributed by atoms with Crippen LogP contribution in [0.4, 0.5) is 5.69 Å². The summed E-state index contributed by atoms with van der Waals surface area (Å²) < 4.78 is 11.1. The van der Waals surface area contributed by atoms with Crippen LogP contribution >= 0.6 is 0 Å². The zero-order chi connectivity index (χ0) is 20.5. The van der Waals surface area contributed by atoms with Gasteiger partial charge in [-0.15, -0.1) is 0 Å². The van der Waals surface area contributed by atoms with Gasteiger partial charge in [0.2, 0.25) is 0 Å². The van der Waals surface area contributed by atoms with Crippen molar-refractivity contribution in [2.45, 2.75) is 26.2 Å². The number of benzene rings is 3. The lowest BCUT2D eigenvalue weighted by atomic mass is 10.1. The number of carbonyl (C=O) groups excluding carboxylic acids is 1. The smallest absolute Gasteiger partial charge is 0.332 e. The number of ether oxygens (including phenoxy) is 2. The van der Waals surface area contributed by atoms with Crippen molar-refractivity contribution in [2.75, 3.05) is 25.3 Å². The van der Waals surface area contributed by atoms with Gasteiger partial charge in [-0.1, -0.05) is 37.3 Å². The number of hydrogen-bond acceptors (Lipinski definition) is 5. The Kier molecular flexibility index (Phi) is 7.34. The van der Waals surface area contributed by atoms with Gasteiger partial charge >= 0.3 is 5.97 Å². The standard InChI is InChI=1S/C24H27NO4/c1-3-7-24(26)29-25(21-11-14-22(27-2)15-12-21)16-6-17-28-23-13-10-19-8-4-5-9-20(19)18-23/h4-5,8-15,18H,3,6-7,16-17H2,1-2H3.